The molecule has 2 aromatic carbocycles. The Labute approximate surface area is 182 Å². The third-order valence-corrected chi connectivity index (χ3v) is 5.69. The lowest BCUT2D eigenvalue weighted by Crippen LogP contribution is -2.45. The van der Waals surface area contributed by atoms with E-state index in [4.69, 9.17) is 18.9 Å². The van der Waals surface area contributed by atoms with Crippen molar-refractivity contribution in [3.8, 4) is 23.0 Å². The molecule has 4 rings (SSSR count). The number of benzene rings is 2. The Morgan fingerprint density at radius 2 is 2.03 bits per heavy atom. The van der Waals surface area contributed by atoms with Gasteiger partial charge in [-0.15, -0.1) is 0 Å². The van der Waals surface area contributed by atoms with E-state index in [1.807, 2.05) is 20.8 Å². The highest BCUT2D eigenvalue weighted by Crippen LogP contribution is 2.46. The molecular weight excluding hydrogens is 396 g/mol. The van der Waals surface area contributed by atoms with Crippen LogP contribution in [0, 0.1) is 0 Å². The van der Waals surface area contributed by atoms with Crippen molar-refractivity contribution in [2.75, 3.05) is 19.8 Å². The lowest BCUT2D eigenvalue weighted by atomic mass is 9.82. The molecule has 0 bridgehead atoms. The summed E-state index contributed by atoms with van der Waals surface area (Å²) < 4.78 is 23.4. The minimum absolute atomic E-state index is 0.211. The molecule has 2 heterocycles. The minimum atomic E-state index is -1.88. The zero-order valence-electron chi connectivity index (χ0n) is 18.2. The predicted octanol–water partition coefficient (Wildman–Crippen LogP) is 4.22. The maximum Gasteiger partial charge on any atom is 0.206 e. The molecule has 0 aromatic heterocycles. The van der Waals surface area contributed by atoms with Gasteiger partial charge in [-0.25, -0.2) is 0 Å². The summed E-state index contributed by atoms with van der Waals surface area (Å²) in [5, 5.41) is 11.5. The van der Waals surface area contributed by atoms with Gasteiger partial charge in [0.15, 0.2) is 5.60 Å². The minimum Gasteiger partial charge on any atom is -0.494 e. The molecule has 1 atom stereocenters. The normalized spacial score (nSPS) is 21.2. The summed E-state index contributed by atoms with van der Waals surface area (Å²) in [4.78, 5) is 13.5. The Bertz CT molecular complexity index is 1020. The van der Waals surface area contributed by atoms with Crippen molar-refractivity contribution >= 4 is 5.78 Å². The Balaban J connectivity index is 1.74. The van der Waals surface area contributed by atoms with Gasteiger partial charge in [-0.05, 0) is 57.9 Å². The highest BCUT2D eigenvalue weighted by Gasteiger charge is 2.47. The van der Waals surface area contributed by atoms with Crippen LogP contribution in [0.1, 0.15) is 48.7 Å². The van der Waals surface area contributed by atoms with Crippen LogP contribution in [0.15, 0.2) is 43.0 Å². The first-order valence-electron chi connectivity index (χ1n) is 10.5. The summed E-state index contributed by atoms with van der Waals surface area (Å²) in [6.07, 6.45) is 3.16. The quantitative estimate of drug-likeness (QED) is 0.700. The SMILES string of the molecule is C=CCOc1cc(OCC)ccc1C1(O)COc2c(ccc3c2CCC(C)(C)O3)C1=O. The lowest BCUT2D eigenvalue weighted by Gasteiger charge is -2.37. The van der Waals surface area contributed by atoms with Crippen molar-refractivity contribution in [1.29, 1.82) is 0 Å². The Morgan fingerprint density at radius 1 is 1.23 bits per heavy atom. The van der Waals surface area contributed by atoms with E-state index in [1.165, 1.54) is 0 Å². The van der Waals surface area contributed by atoms with Crippen LogP contribution in [0.2, 0.25) is 0 Å². The van der Waals surface area contributed by atoms with Gasteiger partial charge in [0.1, 0.15) is 41.8 Å². The number of Topliss-reactive ketones (excluding diaryl/α,β-unsaturated/α-hetero) is 1. The van der Waals surface area contributed by atoms with Crippen LogP contribution in [0.4, 0.5) is 0 Å². The van der Waals surface area contributed by atoms with Crippen molar-refractivity contribution in [1.82, 2.24) is 0 Å². The summed E-state index contributed by atoms with van der Waals surface area (Å²) in [5.41, 5.74) is -0.581. The average Bonchev–Trinajstić information content (AvgIpc) is 2.74. The highest BCUT2D eigenvalue weighted by molar-refractivity contribution is 6.07. The Kier molecular flexibility index (Phi) is 5.43. The van der Waals surface area contributed by atoms with Gasteiger partial charge in [-0.2, -0.15) is 0 Å². The molecule has 0 saturated heterocycles. The van der Waals surface area contributed by atoms with Crippen LogP contribution in [0.25, 0.3) is 0 Å². The zero-order valence-corrected chi connectivity index (χ0v) is 18.2. The van der Waals surface area contributed by atoms with Gasteiger partial charge >= 0.3 is 0 Å². The summed E-state index contributed by atoms with van der Waals surface area (Å²) in [5.74, 6) is 1.75. The van der Waals surface area contributed by atoms with E-state index in [0.717, 1.165) is 24.2 Å². The molecule has 164 valence electrons. The van der Waals surface area contributed by atoms with Gasteiger partial charge in [0.05, 0.1) is 12.2 Å². The number of ketones is 1. The molecule has 1 unspecified atom stereocenters. The molecule has 2 aliphatic heterocycles. The molecule has 6 heteroatoms. The zero-order chi connectivity index (χ0) is 22.2. The average molecular weight is 424 g/mol. The van der Waals surface area contributed by atoms with Crippen molar-refractivity contribution in [3.63, 3.8) is 0 Å². The fourth-order valence-electron chi connectivity index (χ4n) is 4.09. The molecule has 0 spiro atoms. The van der Waals surface area contributed by atoms with Crippen LogP contribution in [-0.2, 0) is 12.0 Å². The van der Waals surface area contributed by atoms with Crippen molar-refractivity contribution in [2.45, 2.75) is 44.8 Å². The van der Waals surface area contributed by atoms with Crippen LogP contribution >= 0.6 is 0 Å². The second kappa shape index (κ2) is 7.93. The van der Waals surface area contributed by atoms with Gasteiger partial charge in [0, 0.05) is 17.2 Å². The Morgan fingerprint density at radius 3 is 2.77 bits per heavy atom. The highest BCUT2D eigenvalue weighted by atomic mass is 16.5. The van der Waals surface area contributed by atoms with Gasteiger partial charge in [-0.1, -0.05) is 12.7 Å². The number of hydrogen-bond donors (Lipinski definition) is 1. The summed E-state index contributed by atoms with van der Waals surface area (Å²) in [6.45, 7) is 10.1. The first kappa shape index (κ1) is 21.2. The fourth-order valence-corrected chi connectivity index (χ4v) is 4.09. The predicted molar refractivity (Wildman–Crippen MR) is 116 cm³/mol. The summed E-state index contributed by atoms with van der Waals surface area (Å²) >= 11 is 0. The number of hydrogen-bond acceptors (Lipinski definition) is 6. The molecule has 0 radical (unpaired) electrons. The molecule has 6 nitrogen and oxygen atoms in total. The van der Waals surface area contributed by atoms with Gasteiger partial charge in [0.2, 0.25) is 5.78 Å². The number of carbonyl (C=O) groups excluding carboxylic acids is 1. The van der Waals surface area contributed by atoms with Crippen LogP contribution in [0.5, 0.6) is 23.0 Å². The summed E-state index contributed by atoms with van der Waals surface area (Å²) in [7, 11) is 0. The van der Waals surface area contributed by atoms with E-state index < -0.39 is 11.4 Å². The molecule has 31 heavy (non-hydrogen) atoms. The summed E-state index contributed by atoms with van der Waals surface area (Å²) in [6, 6.07) is 8.49. The number of carbonyl (C=O) groups is 1. The van der Waals surface area contributed by atoms with E-state index in [1.54, 1.807) is 36.4 Å². The number of rotatable bonds is 6. The van der Waals surface area contributed by atoms with E-state index >= 15 is 0 Å². The van der Waals surface area contributed by atoms with Crippen molar-refractivity contribution < 1.29 is 28.8 Å². The first-order chi connectivity index (χ1) is 14.8. The van der Waals surface area contributed by atoms with Crippen LogP contribution < -0.4 is 18.9 Å². The van der Waals surface area contributed by atoms with Crippen molar-refractivity contribution in [2.24, 2.45) is 0 Å². The fraction of sp³-hybridized carbons (Fsp3) is 0.400. The van der Waals surface area contributed by atoms with Crippen LogP contribution in [-0.4, -0.2) is 36.3 Å². The van der Waals surface area contributed by atoms with Gasteiger partial charge in [0.25, 0.3) is 0 Å². The second-order valence-corrected chi connectivity index (χ2v) is 8.45. The van der Waals surface area contributed by atoms with E-state index in [9.17, 15) is 9.90 Å². The first-order valence-corrected chi connectivity index (χ1v) is 10.5. The molecule has 0 fully saturated rings. The molecular formula is C25H28O6. The molecule has 0 aliphatic carbocycles. The topological polar surface area (TPSA) is 74.2 Å². The molecule has 1 N–H and O–H groups in total. The van der Waals surface area contributed by atoms with Gasteiger partial charge in [-0.3, -0.25) is 4.79 Å². The van der Waals surface area contributed by atoms with Crippen LogP contribution in [0.3, 0.4) is 0 Å². The maximum atomic E-state index is 13.5. The monoisotopic (exact) mass is 424 g/mol. The molecule has 0 saturated carbocycles. The van der Waals surface area contributed by atoms with Crippen molar-refractivity contribution in [3.05, 3.63) is 59.7 Å². The van der Waals surface area contributed by atoms with E-state index in [0.29, 0.717) is 35.0 Å². The third kappa shape index (κ3) is 3.76. The lowest BCUT2D eigenvalue weighted by molar-refractivity contribution is -0.00741. The van der Waals surface area contributed by atoms with E-state index in [2.05, 4.69) is 6.58 Å². The number of fused-ring (bicyclic) bond motifs is 3. The maximum absolute atomic E-state index is 13.5. The molecule has 2 aliphatic rings. The standard InChI is InChI=1S/C25H28O6/c1-5-13-29-21-14-16(28-6-2)7-9-19(21)25(27)15-30-22-17-11-12-24(3,4)31-20(17)10-8-18(22)23(25)26/h5,7-10,14,27H,1,6,11-13,15H2,2-4H3. The van der Waals surface area contributed by atoms with Gasteiger partial charge < -0.3 is 24.1 Å². The largest absolute Gasteiger partial charge is 0.494 e. The van der Waals surface area contributed by atoms with E-state index in [-0.39, 0.29) is 18.8 Å². The smallest absolute Gasteiger partial charge is 0.206 e. The Hall–Kier alpha value is -2.99. The number of aliphatic hydroxyl groups is 1. The molecule has 0 amide bonds. The molecule has 2 aromatic rings. The third-order valence-electron chi connectivity index (χ3n) is 5.69. The number of ether oxygens (including phenoxy) is 4. The second-order valence-electron chi connectivity index (χ2n) is 8.45.